The fourth-order valence-corrected chi connectivity index (χ4v) is 6.93. The van der Waals surface area contributed by atoms with Crippen LogP contribution in [0.15, 0.2) is 18.2 Å². The molecule has 0 radical (unpaired) electrons. The van der Waals surface area contributed by atoms with Gasteiger partial charge in [-0.25, -0.2) is 0 Å². The van der Waals surface area contributed by atoms with Crippen molar-refractivity contribution in [2.75, 3.05) is 21.3 Å². The zero-order chi connectivity index (χ0) is 21.2. The second kappa shape index (κ2) is 8.57. The van der Waals surface area contributed by atoms with Crippen LogP contribution in [0.1, 0.15) is 31.9 Å². The number of hydrogen-bond donors (Lipinski definition) is 1. The molecule has 0 aromatic heterocycles. The number of aryl methyl sites for hydroxylation is 1. The van der Waals surface area contributed by atoms with Gasteiger partial charge in [-0.05, 0) is 54.2 Å². The summed E-state index contributed by atoms with van der Waals surface area (Å²) in [6.45, 7) is 6.65. The van der Waals surface area contributed by atoms with Crippen molar-refractivity contribution in [1.82, 2.24) is 0 Å². The second-order valence-electron chi connectivity index (χ2n) is 7.47. The minimum Gasteiger partial charge on any atom is -0.541 e. The Bertz CT molecular complexity index is 881. The third-order valence-corrected chi connectivity index (χ3v) is 10.8. The molecule has 0 spiro atoms. The van der Waals surface area contributed by atoms with Gasteiger partial charge in [0.1, 0.15) is 0 Å². The van der Waals surface area contributed by atoms with Crippen molar-refractivity contribution in [3.05, 3.63) is 29.3 Å². The molecule has 0 aliphatic heterocycles. The lowest BCUT2D eigenvalue weighted by atomic mass is 9.84. The Kier molecular flexibility index (Phi) is 6.32. The van der Waals surface area contributed by atoms with Crippen LogP contribution in [0.2, 0.25) is 18.1 Å². The first kappa shape index (κ1) is 21.4. The molecule has 0 unspecified atom stereocenters. The molecule has 2 aromatic rings. The molecular weight excluding hydrogens is 384 g/mol. The van der Waals surface area contributed by atoms with Crippen LogP contribution in [0.5, 0.6) is 28.7 Å². The molecule has 1 N–H and O–H groups in total. The van der Waals surface area contributed by atoms with Crippen molar-refractivity contribution in [3.8, 4) is 39.9 Å². The molecule has 29 heavy (non-hydrogen) atoms. The maximum atomic E-state index is 10.6. The number of phenolic OH excluding ortho intramolecular Hbond substituents is 1. The first-order valence-electron chi connectivity index (χ1n) is 10.3. The molecule has 2 aromatic carbocycles. The van der Waals surface area contributed by atoms with Crippen LogP contribution in [0.25, 0.3) is 11.1 Å². The van der Waals surface area contributed by atoms with E-state index in [-0.39, 0.29) is 5.75 Å². The molecule has 1 aliphatic rings. The lowest BCUT2D eigenvalue weighted by molar-refractivity contribution is 0.330. The predicted molar refractivity (Wildman–Crippen MR) is 118 cm³/mol. The van der Waals surface area contributed by atoms with E-state index in [0.29, 0.717) is 11.5 Å². The molecular formula is C23H32O5Si. The van der Waals surface area contributed by atoms with Gasteiger partial charge >= 0.3 is 0 Å². The lowest BCUT2D eigenvalue weighted by Crippen LogP contribution is -2.39. The van der Waals surface area contributed by atoms with Crippen LogP contribution in [-0.2, 0) is 12.8 Å². The Hall–Kier alpha value is -2.34. The number of benzene rings is 2. The maximum absolute atomic E-state index is 10.6. The highest BCUT2D eigenvalue weighted by Crippen LogP contribution is 2.52. The SMILES string of the molecule is CC[Si](CC)(CC)Oc1c(OC)ccc2c1-c1cc(O)c(OC)c(OC)c1CC2. The minimum atomic E-state index is -1.94. The molecule has 0 fully saturated rings. The number of fused-ring (bicyclic) bond motifs is 3. The molecule has 5 nitrogen and oxygen atoms in total. The second-order valence-corrected chi connectivity index (χ2v) is 12.2. The summed E-state index contributed by atoms with van der Waals surface area (Å²) in [5, 5.41) is 10.6. The summed E-state index contributed by atoms with van der Waals surface area (Å²) in [5.74, 6) is 2.56. The van der Waals surface area contributed by atoms with Crippen LogP contribution in [0, 0.1) is 0 Å². The Morgan fingerprint density at radius 1 is 0.862 bits per heavy atom. The molecule has 0 heterocycles. The van der Waals surface area contributed by atoms with Gasteiger partial charge in [-0.1, -0.05) is 26.8 Å². The monoisotopic (exact) mass is 416 g/mol. The molecule has 0 atom stereocenters. The van der Waals surface area contributed by atoms with Crippen molar-refractivity contribution in [2.24, 2.45) is 0 Å². The molecule has 0 saturated heterocycles. The molecule has 0 bridgehead atoms. The van der Waals surface area contributed by atoms with Crippen LogP contribution >= 0.6 is 0 Å². The predicted octanol–water partition coefficient (Wildman–Crippen LogP) is 5.57. The van der Waals surface area contributed by atoms with Gasteiger partial charge in [0.05, 0.1) is 21.3 Å². The van der Waals surface area contributed by atoms with Crippen molar-refractivity contribution in [3.63, 3.8) is 0 Å². The van der Waals surface area contributed by atoms with Crippen molar-refractivity contribution < 1.29 is 23.7 Å². The zero-order valence-electron chi connectivity index (χ0n) is 18.3. The average molecular weight is 417 g/mol. The lowest BCUT2D eigenvalue weighted by Gasteiger charge is -2.33. The highest BCUT2D eigenvalue weighted by atomic mass is 28.4. The topological polar surface area (TPSA) is 57.2 Å². The molecule has 6 heteroatoms. The standard InChI is InChI=1S/C23H32O5Si/c1-7-29(8-2,9-3)28-23-19(25-4)13-11-15-10-12-16-17(20(15)23)14-18(24)22(27-6)21(16)26-5/h11,13-14,24H,7-10,12H2,1-6H3. The summed E-state index contributed by atoms with van der Waals surface area (Å²) in [5.41, 5.74) is 4.17. The van der Waals surface area contributed by atoms with Gasteiger partial charge < -0.3 is 23.7 Å². The molecule has 3 rings (SSSR count). The number of methoxy groups -OCH3 is 3. The summed E-state index contributed by atoms with van der Waals surface area (Å²) in [6, 6.07) is 8.99. The number of hydrogen-bond acceptors (Lipinski definition) is 5. The smallest absolute Gasteiger partial charge is 0.250 e. The van der Waals surface area contributed by atoms with E-state index in [4.69, 9.17) is 18.6 Å². The fraction of sp³-hybridized carbons (Fsp3) is 0.478. The van der Waals surface area contributed by atoms with E-state index >= 15 is 0 Å². The Labute approximate surface area is 174 Å². The Morgan fingerprint density at radius 3 is 2.07 bits per heavy atom. The Morgan fingerprint density at radius 2 is 1.52 bits per heavy atom. The molecule has 0 amide bonds. The maximum Gasteiger partial charge on any atom is 0.250 e. The van der Waals surface area contributed by atoms with Crippen LogP contribution in [0.3, 0.4) is 0 Å². The minimum absolute atomic E-state index is 0.0645. The number of ether oxygens (including phenoxy) is 3. The van der Waals surface area contributed by atoms with Gasteiger partial charge in [0, 0.05) is 11.1 Å². The van der Waals surface area contributed by atoms with E-state index in [0.717, 1.165) is 59.2 Å². The van der Waals surface area contributed by atoms with Gasteiger partial charge in [-0.3, -0.25) is 0 Å². The summed E-state index contributed by atoms with van der Waals surface area (Å²) >= 11 is 0. The quantitative estimate of drug-likeness (QED) is 0.570. The van der Waals surface area contributed by atoms with Gasteiger partial charge in [0.25, 0.3) is 8.32 Å². The summed E-state index contributed by atoms with van der Waals surface area (Å²) < 4.78 is 23.6. The average Bonchev–Trinajstić information content (AvgIpc) is 2.76. The number of aromatic hydroxyl groups is 1. The third-order valence-electron chi connectivity index (χ3n) is 6.32. The van der Waals surface area contributed by atoms with Crippen LogP contribution in [-0.4, -0.2) is 34.8 Å². The first-order chi connectivity index (χ1) is 14.0. The van der Waals surface area contributed by atoms with Crippen molar-refractivity contribution in [2.45, 2.75) is 51.7 Å². The van der Waals surface area contributed by atoms with Crippen molar-refractivity contribution >= 4 is 8.32 Å². The fourth-order valence-electron chi connectivity index (χ4n) is 4.36. The third kappa shape index (κ3) is 3.54. The summed E-state index contributed by atoms with van der Waals surface area (Å²) in [6.07, 6.45) is 1.68. The molecule has 158 valence electrons. The molecule has 0 saturated carbocycles. The summed E-state index contributed by atoms with van der Waals surface area (Å²) in [4.78, 5) is 0. The normalized spacial score (nSPS) is 12.8. The van der Waals surface area contributed by atoms with Crippen LogP contribution < -0.4 is 18.6 Å². The van der Waals surface area contributed by atoms with E-state index in [1.165, 1.54) is 5.56 Å². The van der Waals surface area contributed by atoms with E-state index in [1.807, 2.05) is 6.07 Å². The van der Waals surface area contributed by atoms with Gasteiger partial charge in [0.15, 0.2) is 23.0 Å². The Balaban J connectivity index is 2.30. The highest BCUT2D eigenvalue weighted by Gasteiger charge is 2.35. The molecule has 1 aliphatic carbocycles. The highest BCUT2D eigenvalue weighted by molar-refractivity contribution is 6.74. The first-order valence-corrected chi connectivity index (χ1v) is 12.9. The van der Waals surface area contributed by atoms with Gasteiger partial charge in [-0.2, -0.15) is 0 Å². The largest absolute Gasteiger partial charge is 0.541 e. The van der Waals surface area contributed by atoms with Gasteiger partial charge in [-0.15, -0.1) is 0 Å². The summed E-state index contributed by atoms with van der Waals surface area (Å²) in [7, 11) is 2.89. The van der Waals surface area contributed by atoms with E-state index in [2.05, 4.69) is 26.8 Å². The number of rotatable bonds is 8. The van der Waals surface area contributed by atoms with E-state index in [9.17, 15) is 5.11 Å². The zero-order valence-corrected chi connectivity index (χ0v) is 19.3. The van der Waals surface area contributed by atoms with Gasteiger partial charge in [0.2, 0.25) is 5.75 Å². The number of phenols is 1. The van der Waals surface area contributed by atoms with E-state index in [1.54, 1.807) is 27.4 Å². The van der Waals surface area contributed by atoms with Crippen LogP contribution in [0.4, 0.5) is 0 Å². The van der Waals surface area contributed by atoms with E-state index < -0.39 is 8.32 Å². The van der Waals surface area contributed by atoms with Crippen molar-refractivity contribution in [1.29, 1.82) is 0 Å².